The fourth-order valence-corrected chi connectivity index (χ4v) is 4.94. The van der Waals surface area contributed by atoms with Crippen LogP contribution in [-0.4, -0.2) is 49.8 Å². The highest BCUT2D eigenvalue weighted by Gasteiger charge is 2.28. The molecule has 1 aromatic rings. The predicted molar refractivity (Wildman–Crippen MR) is 94.9 cm³/mol. The van der Waals surface area contributed by atoms with Gasteiger partial charge in [0.05, 0.1) is 4.90 Å². The second-order valence-electron chi connectivity index (χ2n) is 6.68. The molecule has 1 unspecified atom stereocenters. The second kappa shape index (κ2) is 8.27. The molecule has 1 aliphatic rings. The van der Waals surface area contributed by atoms with Crippen molar-refractivity contribution in [2.75, 3.05) is 26.2 Å². The van der Waals surface area contributed by atoms with Crippen LogP contribution in [0.3, 0.4) is 0 Å². The molecule has 0 radical (unpaired) electrons. The lowest BCUT2D eigenvalue weighted by Crippen LogP contribution is -2.41. The summed E-state index contributed by atoms with van der Waals surface area (Å²) in [5.74, 6) is 0.828. The van der Waals surface area contributed by atoms with Gasteiger partial charge in [-0.25, -0.2) is 8.42 Å². The van der Waals surface area contributed by atoms with Gasteiger partial charge >= 0.3 is 0 Å². The lowest BCUT2D eigenvalue weighted by molar-refractivity contribution is 0.177. The van der Waals surface area contributed by atoms with Crippen LogP contribution in [0.5, 0.6) is 0 Å². The summed E-state index contributed by atoms with van der Waals surface area (Å²) in [6.07, 6.45) is 3.40. The third kappa shape index (κ3) is 4.78. The first-order valence-electron chi connectivity index (χ1n) is 8.74. The van der Waals surface area contributed by atoms with Crippen LogP contribution >= 0.6 is 0 Å². The lowest BCUT2D eigenvalue weighted by atomic mass is 9.99. The standard InChI is InChI=1S/C18H30N2O2S/c1-4-20(23(21,22)18-8-6-5-7-9-18)17(3)12-15-19-13-10-16(2)11-14-19/h5-9,16-17H,4,10-15H2,1-3H3. The summed E-state index contributed by atoms with van der Waals surface area (Å²) < 4.78 is 27.3. The summed E-state index contributed by atoms with van der Waals surface area (Å²) in [6.45, 7) is 10.0. The van der Waals surface area contributed by atoms with Gasteiger partial charge in [-0.05, 0) is 63.9 Å². The van der Waals surface area contributed by atoms with E-state index in [2.05, 4.69) is 11.8 Å². The van der Waals surface area contributed by atoms with E-state index >= 15 is 0 Å². The maximum atomic E-state index is 12.8. The van der Waals surface area contributed by atoms with Crippen LogP contribution < -0.4 is 0 Å². The number of hydrogen-bond donors (Lipinski definition) is 0. The van der Waals surface area contributed by atoms with Crippen molar-refractivity contribution in [3.8, 4) is 0 Å². The summed E-state index contributed by atoms with van der Waals surface area (Å²) in [5.41, 5.74) is 0. The maximum Gasteiger partial charge on any atom is 0.243 e. The van der Waals surface area contributed by atoms with Crippen LogP contribution in [0.15, 0.2) is 35.2 Å². The van der Waals surface area contributed by atoms with E-state index in [0.717, 1.165) is 32.0 Å². The minimum Gasteiger partial charge on any atom is -0.303 e. The third-order valence-electron chi connectivity index (χ3n) is 4.89. The van der Waals surface area contributed by atoms with Gasteiger partial charge in [-0.2, -0.15) is 4.31 Å². The quantitative estimate of drug-likeness (QED) is 0.766. The molecule has 1 heterocycles. The van der Waals surface area contributed by atoms with Crippen molar-refractivity contribution in [1.29, 1.82) is 0 Å². The third-order valence-corrected chi connectivity index (χ3v) is 7.00. The number of piperidine rings is 1. The zero-order chi connectivity index (χ0) is 16.9. The number of hydrogen-bond acceptors (Lipinski definition) is 3. The maximum absolute atomic E-state index is 12.8. The molecular formula is C18H30N2O2S. The molecule has 0 N–H and O–H groups in total. The topological polar surface area (TPSA) is 40.6 Å². The molecule has 0 spiro atoms. The first-order chi connectivity index (χ1) is 10.9. The van der Waals surface area contributed by atoms with E-state index in [9.17, 15) is 8.42 Å². The first-order valence-corrected chi connectivity index (χ1v) is 10.2. The van der Waals surface area contributed by atoms with E-state index in [0.29, 0.717) is 11.4 Å². The highest BCUT2D eigenvalue weighted by molar-refractivity contribution is 7.89. The van der Waals surface area contributed by atoms with E-state index in [-0.39, 0.29) is 6.04 Å². The highest BCUT2D eigenvalue weighted by atomic mass is 32.2. The fourth-order valence-electron chi connectivity index (χ4n) is 3.25. The second-order valence-corrected chi connectivity index (χ2v) is 8.57. The van der Waals surface area contributed by atoms with Gasteiger partial charge in [0.25, 0.3) is 0 Å². The first kappa shape index (κ1) is 18.4. The van der Waals surface area contributed by atoms with Crippen LogP contribution in [-0.2, 0) is 10.0 Å². The van der Waals surface area contributed by atoms with Gasteiger partial charge in [-0.15, -0.1) is 0 Å². The van der Waals surface area contributed by atoms with Crippen molar-refractivity contribution in [3.63, 3.8) is 0 Å². The van der Waals surface area contributed by atoms with Crippen LogP contribution in [0.2, 0.25) is 0 Å². The Morgan fingerprint density at radius 1 is 1.22 bits per heavy atom. The van der Waals surface area contributed by atoms with Crippen molar-refractivity contribution in [2.45, 2.75) is 51.0 Å². The normalized spacial score (nSPS) is 19.1. The molecule has 4 nitrogen and oxygen atoms in total. The number of nitrogens with zero attached hydrogens (tertiary/aromatic N) is 2. The Balaban J connectivity index is 1.97. The molecule has 130 valence electrons. The minimum absolute atomic E-state index is 0.0181. The molecule has 0 bridgehead atoms. The van der Waals surface area contributed by atoms with E-state index in [4.69, 9.17) is 0 Å². The Morgan fingerprint density at radius 2 is 1.83 bits per heavy atom. The van der Waals surface area contributed by atoms with Crippen LogP contribution in [0.25, 0.3) is 0 Å². The fraction of sp³-hybridized carbons (Fsp3) is 0.667. The summed E-state index contributed by atoms with van der Waals surface area (Å²) >= 11 is 0. The molecule has 0 aromatic heterocycles. The summed E-state index contributed by atoms with van der Waals surface area (Å²) in [4.78, 5) is 2.86. The Kier molecular flexibility index (Phi) is 6.62. The predicted octanol–water partition coefficient (Wildman–Crippen LogP) is 3.21. The van der Waals surface area contributed by atoms with Crippen LogP contribution in [0.4, 0.5) is 0 Å². The van der Waals surface area contributed by atoms with E-state index < -0.39 is 10.0 Å². The molecule has 1 fully saturated rings. The SMILES string of the molecule is CCN(C(C)CCN1CCC(C)CC1)S(=O)(=O)c1ccccc1. The molecule has 0 aliphatic carbocycles. The average Bonchev–Trinajstić information content (AvgIpc) is 2.55. The zero-order valence-electron chi connectivity index (χ0n) is 14.6. The average molecular weight is 339 g/mol. The molecule has 0 saturated carbocycles. The van der Waals surface area contributed by atoms with Crippen LogP contribution in [0, 0.1) is 5.92 Å². The summed E-state index contributed by atoms with van der Waals surface area (Å²) in [7, 11) is -3.40. The largest absolute Gasteiger partial charge is 0.303 e. The van der Waals surface area contributed by atoms with Gasteiger partial charge in [0, 0.05) is 12.6 Å². The Morgan fingerprint density at radius 3 is 2.39 bits per heavy atom. The Bertz CT molecular complexity index is 566. The Labute approximate surface area is 141 Å². The van der Waals surface area contributed by atoms with Crippen molar-refractivity contribution < 1.29 is 8.42 Å². The van der Waals surface area contributed by atoms with E-state index in [1.54, 1.807) is 28.6 Å². The molecule has 1 saturated heterocycles. The smallest absolute Gasteiger partial charge is 0.243 e. The van der Waals surface area contributed by atoms with Crippen molar-refractivity contribution in [3.05, 3.63) is 30.3 Å². The zero-order valence-corrected chi connectivity index (χ0v) is 15.4. The summed E-state index contributed by atoms with van der Waals surface area (Å²) in [6, 6.07) is 8.77. The molecule has 1 atom stereocenters. The Hall–Kier alpha value is -0.910. The van der Waals surface area contributed by atoms with Gasteiger partial charge < -0.3 is 4.90 Å². The van der Waals surface area contributed by atoms with Crippen molar-refractivity contribution >= 4 is 10.0 Å². The molecule has 23 heavy (non-hydrogen) atoms. The molecule has 1 aromatic carbocycles. The van der Waals surface area contributed by atoms with Crippen LogP contribution in [0.1, 0.15) is 40.0 Å². The van der Waals surface area contributed by atoms with Gasteiger partial charge in [-0.3, -0.25) is 0 Å². The molecule has 5 heteroatoms. The minimum atomic E-state index is -3.40. The van der Waals surface area contributed by atoms with Gasteiger partial charge in [0.1, 0.15) is 0 Å². The molecule has 1 aliphatic heterocycles. The number of rotatable bonds is 7. The molecular weight excluding hydrogens is 308 g/mol. The van der Waals surface area contributed by atoms with Gasteiger partial charge in [-0.1, -0.05) is 32.0 Å². The summed E-state index contributed by atoms with van der Waals surface area (Å²) in [5, 5.41) is 0. The van der Waals surface area contributed by atoms with E-state index in [1.165, 1.54) is 12.8 Å². The number of benzene rings is 1. The molecule has 2 rings (SSSR count). The lowest BCUT2D eigenvalue weighted by Gasteiger charge is -2.33. The highest BCUT2D eigenvalue weighted by Crippen LogP contribution is 2.21. The van der Waals surface area contributed by atoms with Gasteiger partial charge in [0.2, 0.25) is 10.0 Å². The van der Waals surface area contributed by atoms with E-state index in [1.807, 2.05) is 19.9 Å². The monoisotopic (exact) mass is 338 g/mol. The van der Waals surface area contributed by atoms with Gasteiger partial charge in [0.15, 0.2) is 0 Å². The number of sulfonamides is 1. The van der Waals surface area contributed by atoms with Crippen molar-refractivity contribution in [2.24, 2.45) is 5.92 Å². The molecule has 0 amide bonds. The number of likely N-dealkylation sites (tertiary alicyclic amines) is 1. The van der Waals surface area contributed by atoms with Crippen molar-refractivity contribution in [1.82, 2.24) is 9.21 Å².